The summed E-state index contributed by atoms with van der Waals surface area (Å²) in [7, 11) is -0.272. The van der Waals surface area contributed by atoms with Crippen molar-refractivity contribution in [3.05, 3.63) is 42.2 Å². The lowest BCUT2D eigenvalue weighted by atomic mass is 10.0. The van der Waals surface area contributed by atoms with Gasteiger partial charge in [0.25, 0.3) is 0 Å². The van der Waals surface area contributed by atoms with E-state index in [0.717, 1.165) is 11.3 Å². The third-order valence-corrected chi connectivity index (χ3v) is 10.0. The first kappa shape index (κ1) is 19.4. The molecule has 2 heterocycles. The fraction of sp³-hybridized carbons (Fsp3) is 0.600. The Balaban J connectivity index is 1.75. The Morgan fingerprint density at radius 3 is 2.42 bits per heavy atom. The van der Waals surface area contributed by atoms with E-state index in [2.05, 4.69) is 33.9 Å². The molecule has 0 bridgehead atoms. The van der Waals surface area contributed by atoms with E-state index in [1.54, 1.807) is 13.4 Å². The molecule has 0 radical (unpaired) electrons. The lowest BCUT2D eigenvalue weighted by molar-refractivity contribution is -0.274. The van der Waals surface area contributed by atoms with Gasteiger partial charge in [0.05, 0.1) is 26.1 Å². The fourth-order valence-corrected chi connectivity index (χ4v) is 4.09. The molecule has 0 saturated carbocycles. The van der Waals surface area contributed by atoms with Crippen LogP contribution in [0.2, 0.25) is 18.1 Å². The molecular weight excluding hydrogens is 348 g/mol. The summed E-state index contributed by atoms with van der Waals surface area (Å²) in [4.78, 5) is 0. The summed E-state index contributed by atoms with van der Waals surface area (Å²) in [5, 5.41) is 0.134. The van der Waals surface area contributed by atoms with E-state index in [4.69, 9.17) is 23.4 Å². The summed E-state index contributed by atoms with van der Waals surface area (Å²) in [6.45, 7) is 11.7. The molecule has 0 N–H and O–H groups in total. The summed E-state index contributed by atoms with van der Waals surface area (Å²) in [6, 6.07) is 7.75. The Labute approximate surface area is 157 Å². The maximum Gasteiger partial charge on any atom is 0.193 e. The van der Waals surface area contributed by atoms with Gasteiger partial charge in [0.15, 0.2) is 20.7 Å². The highest BCUT2D eigenvalue weighted by atomic mass is 28.4. The molecule has 5 nitrogen and oxygen atoms in total. The quantitative estimate of drug-likeness (QED) is 0.726. The second-order valence-corrected chi connectivity index (χ2v) is 13.1. The van der Waals surface area contributed by atoms with E-state index in [-0.39, 0.29) is 23.4 Å². The zero-order valence-electron chi connectivity index (χ0n) is 16.5. The maximum atomic E-state index is 6.60. The molecule has 26 heavy (non-hydrogen) atoms. The van der Waals surface area contributed by atoms with E-state index in [0.29, 0.717) is 6.61 Å². The number of hydrogen-bond donors (Lipinski definition) is 0. The van der Waals surface area contributed by atoms with Crippen LogP contribution in [0.15, 0.2) is 36.6 Å². The van der Waals surface area contributed by atoms with Gasteiger partial charge in [-0.05, 0) is 36.3 Å². The second-order valence-electron chi connectivity index (χ2n) is 8.38. The fourth-order valence-electron chi connectivity index (χ4n) is 2.84. The van der Waals surface area contributed by atoms with Crippen molar-refractivity contribution in [2.45, 2.75) is 63.5 Å². The topological polar surface area (TPSA) is 46.2 Å². The van der Waals surface area contributed by atoms with Gasteiger partial charge in [-0.2, -0.15) is 0 Å². The van der Waals surface area contributed by atoms with Gasteiger partial charge in [0.1, 0.15) is 11.9 Å². The van der Waals surface area contributed by atoms with Crippen LogP contribution in [0.1, 0.15) is 32.6 Å². The molecule has 3 rings (SSSR count). The average molecular weight is 379 g/mol. The highest BCUT2D eigenvalue weighted by Gasteiger charge is 2.46. The van der Waals surface area contributed by atoms with Crippen molar-refractivity contribution in [2.24, 2.45) is 0 Å². The van der Waals surface area contributed by atoms with Gasteiger partial charge in [-0.1, -0.05) is 32.9 Å². The van der Waals surface area contributed by atoms with Crippen molar-refractivity contribution in [1.82, 2.24) is 0 Å². The highest BCUT2D eigenvalue weighted by Crippen LogP contribution is 2.40. The zero-order chi connectivity index (χ0) is 18.9. The van der Waals surface area contributed by atoms with E-state index in [1.807, 2.05) is 30.3 Å². The third-order valence-electron chi connectivity index (χ3n) is 5.53. The van der Waals surface area contributed by atoms with Gasteiger partial charge in [-0.3, -0.25) is 0 Å². The molecular formula is C20H30O5Si. The van der Waals surface area contributed by atoms with E-state index < -0.39 is 14.6 Å². The summed E-state index contributed by atoms with van der Waals surface area (Å²) < 4.78 is 29.7. The van der Waals surface area contributed by atoms with Crippen molar-refractivity contribution >= 4 is 8.32 Å². The van der Waals surface area contributed by atoms with Crippen LogP contribution in [-0.2, 0) is 18.6 Å². The summed E-state index contributed by atoms with van der Waals surface area (Å²) >= 11 is 0. The molecule has 2 aliphatic rings. The molecule has 144 valence electrons. The van der Waals surface area contributed by atoms with Crippen molar-refractivity contribution in [3.8, 4) is 5.75 Å². The van der Waals surface area contributed by atoms with Crippen LogP contribution in [0.4, 0.5) is 0 Å². The molecule has 1 aromatic carbocycles. The first-order valence-corrected chi connectivity index (χ1v) is 12.0. The average Bonchev–Trinajstić information content (AvgIpc) is 2.60. The van der Waals surface area contributed by atoms with Crippen molar-refractivity contribution in [2.75, 3.05) is 13.7 Å². The normalized spacial score (nSPS) is 29.0. The van der Waals surface area contributed by atoms with E-state index >= 15 is 0 Å². The number of fused-ring (bicyclic) bond motifs is 1. The Hall–Kier alpha value is -1.34. The van der Waals surface area contributed by atoms with E-state index in [1.165, 1.54) is 0 Å². The maximum absolute atomic E-state index is 6.60. The van der Waals surface area contributed by atoms with Gasteiger partial charge in [0.2, 0.25) is 0 Å². The monoisotopic (exact) mass is 378 g/mol. The van der Waals surface area contributed by atoms with E-state index in [9.17, 15) is 0 Å². The van der Waals surface area contributed by atoms with Crippen molar-refractivity contribution in [3.63, 3.8) is 0 Å². The number of methoxy groups -OCH3 is 1. The molecule has 0 spiro atoms. The lowest BCUT2D eigenvalue weighted by Gasteiger charge is -2.45. The van der Waals surface area contributed by atoms with Crippen molar-refractivity contribution < 1.29 is 23.4 Å². The Kier molecular flexibility index (Phi) is 5.49. The summed E-state index contributed by atoms with van der Waals surface area (Å²) in [6.07, 6.45) is 2.80. The van der Waals surface area contributed by atoms with Crippen LogP contribution in [0.3, 0.4) is 0 Å². The lowest BCUT2D eigenvalue weighted by Crippen LogP contribution is -2.54. The number of hydrogen-bond acceptors (Lipinski definition) is 5. The molecule has 0 aromatic heterocycles. The van der Waals surface area contributed by atoms with Gasteiger partial charge in [0, 0.05) is 5.56 Å². The number of ether oxygens (including phenoxy) is 4. The van der Waals surface area contributed by atoms with Crippen LogP contribution < -0.4 is 4.74 Å². The Morgan fingerprint density at radius 2 is 1.81 bits per heavy atom. The van der Waals surface area contributed by atoms with Gasteiger partial charge in [-0.25, -0.2) is 0 Å². The minimum absolute atomic E-state index is 0.126. The van der Waals surface area contributed by atoms with Gasteiger partial charge >= 0.3 is 0 Å². The molecule has 0 unspecified atom stereocenters. The molecule has 1 saturated heterocycles. The number of rotatable bonds is 4. The Morgan fingerprint density at radius 1 is 1.12 bits per heavy atom. The third kappa shape index (κ3) is 3.98. The predicted octanol–water partition coefficient (Wildman–Crippen LogP) is 4.41. The highest BCUT2D eigenvalue weighted by molar-refractivity contribution is 6.74. The largest absolute Gasteiger partial charge is 0.497 e. The van der Waals surface area contributed by atoms with Crippen LogP contribution in [0.25, 0.3) is 0 Å². The molecule has 2 aliphatic heterocycles. The standard InChI is InChI=1S/C20H30O5Si/c1-20(2,3)26(5,6)25-16-11-12-22-17-13-23-19(24-18(16)17)14-7-9-15(21-4)10-8-14/h7-12,16-19H,13H2,1-6H3/t16-,17+,18-,19-/m0/s1. The zero-order valence-corrected chi connectivity index (χ0v) is 17.5. The van der Waals surface area contributed by atoms with Crippen LogP contribution in [-0.4, -0.2) is 40.3 Å². The molecule has 6 heteroatoms. The molecule has 0 amide bonds. The molecule has 4 atom stereocenters. The smallest absolute Gasteiger partial charge is 0.193 e. The molecule has 1 fully saturated rings. The van der Waals surface area contributed by atoms with Crippen LogP contribution >= 0.6 is 0 Å². The van der Waals surface area contributed by atoms with Gasteiger partial charge < -0.3 is 23.4 Å². The predicted molar refractivity (Wildman–Crippen MR) is 103 cm³/mol. The first-order chi connectivity index (χ1) is 12.2. The SMILES string of the molecule is COc1ccc([C@H]2OC[C@H]3OC=C[C@H](O[Si](C)(C)C(C)(C)C)[C@@H]3O2)cc1. The van der Waals surface area contributed by atoms with Crippen LogP contribution in [0.5, 0.6) is 5.75 Å². The van der Waals surface area contributed by atoms with Crippen LogP contribution in [0, 0.1) is 0 Å². The minimum Gasteiger partial charge on any atom is -0.497 e. The van der Waals surface area contributed by atoms with Crippen molar-refractivity contribution in [1.29, 1.82) is 0 Å². The molecule has 1 aromatic rings. The number of benzene rings is 1. The summed E-state index contributed by atoms with van der Waals surface area (Å²) in [5.41, 5.74) is 0.963. The van der Waals surface area contributed by atoms with Gasteiger partial charge in [-0.15, -0.1) is 0 Å². The minimum atomic E-state index is -1.93. The Bertz CT molecular complexity index is 635. The molecule has 0 aliphatic carbocycles. The second kappa shape index (κ2) is 7.35. The first-order valence-electron chi connectivity index (χ1n) is 9.12. The summed E-state index contributed by atoms with van der Waals surface area (Å²) in [5.74, 6) is 0.811.